The van der Waals surface area contributed by atoms with Crippen molar-refractivity contribution in [3.63, 3.8) is 0 Å². The fourth-order valence-corrected chi connectivity index (χ4v) is 5.92. The monoisotopic (exact) mass is 530 g/mol. The number of carbonyl (C=O) groups excluding carboxylic acids is 1. The first-order valence-corrected chi connectivity index (χ1v) is 12.9. The van der Waals surface area contributed by atoms with Crippen molar-refractivity contribution in [3.05, 3.63) is 44.7 Å². The van der Waals surface area contributed by atoms with Crippen molar-refractivity contribution < 1.29 is 9.21 Å². The van der Waals surface area contributed by atoms with Crippen LogP contribution < -0.4 is 5.32 Å². The first kappa shape index (κ1) is 23.0. The number of anilines is 1. The van der Waals surface area contributed by atoms with Crippen LogP contribution in [0.15, 0.2) is 38.4 Å². The number of nitriles is 1. The standard InChI is InChI=1S/C23H23BrN4O2S2/c1-23(2,3)14-6-9-16-17(11-25)21(32-18(16)10-14)26-19(29)12-31-22-28-27-20(30-22)13-4-7-15(24)8-5-13/h4-5,7-8,14H,6,9-10,12H2,1-3H3,(H,26,29)/t14-/m1/s1. The molecule has 2 heterocycles. The molecule has 0 unspecified atom stereocenters. The quantitative estimate of drug-likeness (QED) is 0.388. The molecule has 0 saturated carbocycles. The summed E-state index contributed by atoms with van der Waals surface area (Å²) in [5, 5.41) is 21.7. The van der Waals surface area contributed by atoms with Crippen LogP contribution in [0.4, 0.5) is 5.00 Å². The molecule has 2 aromatic heterocycles. The normalized spacial score (nSPS) is 15.8. The average molecular weight is 532 g/mol. The molecular formula is C23H23BrN4O2S2. The molecular weight excluding hydrogens is 508 g/mol. The van der Waals surface area contributed by atoms with Crippen LogP contribution >= 0.6 is 39.0 Å². The van der Waals surface area contributed by atoms with Crippen molar-refractivity contribution in [2.45, 2.75) is 45.3 Å². The van der Waals surface area contributed by atoms with E-state index in [1.165, 1.54) is 28.0 Å². The van der Waals surface area contributed by atoms with Crippen molar-refractivity contribution >= 4 is 49.9 Å². The predicted molar refractivity (Wildman–Crippen MR) is 131 cm³/mol. The van der Waals surface area contributed by atoms with Gasteiger partial charge < -0.3 is 9.73 Å². The second-order valence-corrected chi connectivity index (χ2v) is 11.8. The molecule has 1 aliphatic rings. The summed E-state index contributed by atoms with van der Waals surface area (Å²) in [7, 11) is 0. The summed E-state index contributed by atoms with van der Waals surface area (Å²) < 4.78 is 6.63. The summed E-state index contributed by atoms with van der Waals surface area (Å²) in [6.07, 6.45) is 2.93. The molecule has 0 radical (unpaired) electrons. The maximum absolute atomic E-state index is 12.6. The highest BCUT2D eigenvalue weighted by Gasteiger charge is 2.32. The van der Waals surface area contributed by atoms with Crippen LogP contribution in [0.3, 0.4) is 0 Å². The molecule has 0 fully saturated rings. The van der Waals surface area contributed by atoms with E-state index in [4.69, 9.17) is 4.42 Å². The Morgan fingerprint density at radius 1 is 1.34 bits per heavy atom. The Morgan fingerprint density at radius 3 is 2.78 bits per heavy atom. The van der Waals surface area contributed by atoms with Gasteiger partial charge in [-0.3, -0.25) is 4.79 Å². The van der Waals surface area contributed by atoms with Crippen molar-refractivity contribution in [1.82, 2.24) is 10.2 Å². The zero-order valence-electron chi connectivity index (χ0n) is 18.1. The minimum atomic E-state index is -0.194. The number of hydrogen-bond donors (Lipinski definition) is 1. The minimum absolute atomic E-state index is 0.125. The molecule has 0 bridgehead atoms. The Balaban J connectivity index is 1.39. The lowest BCUT2D eigenvalue weighted by Gasteiger charge is -2.33. The number of fused-ring (bicyclic) bond motifs is 1. The van der Waals surface area contributed by atoms with Gasteiger partial charge in [-0.25, -0.2) is 0 Å². The van der Waals surface area contributed by atoms with Gasteiger partial charge in [-0.1, -0.05) is 48.5 Å². The SMILES string of the molecule is CC(C)(C)[C@@H]1CCc2c(sc(NC(=O)CSc3nnc(-c4ccc(Br)cc4)o3)c2C#N)C1. The fraction of sp³-hybridized carbons (Fsp3) is 0.391. The van der Waals surface area contributed by atoms with E-state index in [0.29, 0.717) is 27.6 Å². The molecule has 166 valence electrons. The number of thiophene rings is 1. The Morgan fingerprint density at radius 2 is 2.09 bits per heavy atom. The van der Waals surface area contributed by atoms with Gasteiger partial charge in [0, 0.05) is 14.9 Å². The first-order chi connectivity index (χ1) is 15.2. The van der Waals surface area contributed by atoms with Crippen LogP contribution in [0.1, 0.15) is 43.2 Å². The van der Waals surface area contributed by atoms with E-state index in [-0.39, 0.29) is 17.1 Å². The number of rotatable bonds is 5. The van der Waals surface area contributed by atoms with E-state index in [2.05, 4.69) is 58.3 Å². The summed E-state index contributed by atoms with van der Waals surface area (Å²) in [5.74, 6) is 0.921. The fourth-order valence-electron chi connectivity index (χ4n) is 3.80. The largest absolute Gasteiger partial charge is 0.411 e. The molecule has 3 aromatic rings. The number of hydrogen-bond acceptors (Lipinski definition) is 7. The highest BCUT2D eigenvalue weighted by atomic mass is 79.9. The molecule has 1 amide bonds. The van der Waals surface area contributed by atoms with E-state index in [0.717, 1.165) is 34.9 Å². The van der Waals surface area contributed by atoms with Crippen LogP contribution in [0.5, 0.6) is 0 Å². The summed E-state index contributed by atoms with van der Waals surface area (Å²) in [4.78, 5) is 13.8. The number of aromatic nitrogens is 2. The third-order valence-corrected chi connectivity index (χ3v) is 8.20. The highest BCUT2D eigenvalue weighted by molar-refractivity contribution is 9.10. The van der Waals surface area contributed by atoms with Crippen LogP contribution in [0.2, 0.25) is 0 Å². The number of nitrogens with one attached hydrogen (secondary N) is 1. The third kappa shape index (κ3) is 5.08. The van der Waals surface area contributed by atoms with E-state index in [1.54, 1.807) is 0 Å². The lowest BCUT2D eigenvalue weighted by molar-refractivity contribution is -0.113. The van der Waals surface area contributed by atoms with Gasteiger partial charge in [0.15, 0.2) is 0 Å². The molecule has 9 heteroatoms. The van der Waals surface area contributed by atoms with Crippen LogP contribution in [-0.4, -0.2) is 21.9 Å². The number of amides is 1. The van der Waals surface area contributed by atoms with Crippen molar-refractivity contribution in [3.8, 4) is 17.5 Å². The maximum atomic E-state index is 12.6. The van der Waals surface area contributed by atoms with Crippen LogP contribution in [-0.2, 0) is 17.6 Å². The molecule has 6 nitrogen and oxygen atoms in total. The van der Waals surface area contributed by atoms with Crippen molar-refractivity contribution in [2.75, 3.05) is 11.1 Å². The third-order valence-electron chi connectivity index (χ3n) is 5.68. The Kier molecular flexibility index (Phi) is 6.75. The summed E-state index contributed by atoms with van der Waals surface area (Å²) >= 11 is 6.12. The van der Waals surface area contributed by atoms with Gasteiger partial charge in [0.1, 0.15) is 11.1 Å². The van der Waals surface area contributed by atoms with Gasteiger partial charge >= 0.3 is 0 Å². The second-order valence-electron chi connectivity index (χ2n) is 8.84. The van der Waals surface area contributed by atoms with E-state index in [1.807, 2.05) is 24.3 Å². The number of nitrogens with zero attached hydrogens (tertiary/aromatic N) is 3. The predicted octanol–water partition coefficient (Wildman–Crippen LogP) is 6.31. The van der Waals surface area contributed by atoms with Crippen molar-refractivity contribution in [2.24, 2.45) is 11.3 Å². The smallest absolute Gasteiger partial charge is 0.277 e. The Labute approximate surface area is 203 Å². The summed E-state index contributed by atoms with van der Waals surface area (Å²) in [6, 6.07) is 9.87. The second kappa shape index (κ2) is 9.38. The van der Waals surface area contributed by atoms with Crippen LogP contribution in [0, 0.1) is 22.7 Å². The number of thioether (sulfide) groups is 1. The first-order valence-electron chi connectivity index (χ1n) is 10.3. The summed E-state index contributed by atoms with van der Waals surface area (Å²) in [6.45, 7) is 6.79. The lowest BCUT2D eigenvalue weighted by atomic mass is 9.72. The molecule has 4 rings (SSSR count). The number of benzene rings is 1. The maximum Gasteiger partial charge on any atom is 0.277 e. The number of halogens is 1. The minimum Gasteiger partial charge on any atom is -0.411 e. The topological polar surface area (TPSA) is 91.8 Å². The molecule has 32 heavy (non-hydrogen) atoms. The van der Waals surface area contributed by atoms with E-state index >= 15 is 0 Å². The van der Waals surface area contributed by atoms with Gasteiger partial charge in [0.25, 0.3) is 5.22 Å². The van der Waals surface area contributed by atoms with E-state index in [9.17, 15) is 10.1 Å². The van der Waals surface area contributed by atoms with E-state index < -0.39 is 0 Å². The summed E-state index contributed by atoms with van der Waals surface area (Å²) in [5.41, 5.74) is 2.77. The highest BCUT2D eigenvalue weighted by Crippen LogP contribution is 2.44. The molecule has 0 spiro atoms. The molecule has 1 atom stereocenters. The Bertz CT molecular complexity index is 1170. The van der Waals surface area contributed by atoms with Gasteiger partial charge in [0.2, 0.25) is 11.8 Å². The Hall–Kier alpha value is -2.15. The van der Waals surface area contributed by atoms with Gasteiger partial charge in [0.05, 0.1) is 11.3 Å². The number of carbonyl (C=O) groups is 1. The van der Waals surface area contributed by atoms with Gasteiger partial charge in [-0.15, -0.1) is 21.5 Å². The van der Waals surface area contributed by atoms with Gasteiger partial charge in [-0.2, -0.15) is 5.26 Å². The zero-order valence-corrected chi connectivity index (χ0v) is 21.3. The van der Waals surface area contributed by atoms with Crippen LogP contribution in [0.25, 0.3) is 11.5 Å². The molecule has 1 aromatic carbocycles. The van der Waals surface area contributed by atoms with Gasteiger partial charge in [-0.05, 0) is 60.4 Å². The zero-order chi connectivity index (χ0) is 22.9. The lowest BCUT2D eigenvalue weighted by Crippen LogP contribution is -2.26. The molecule has 0 aliphatic heterocycles. The molecule has 1 N–H and O–H groups in total. The molecule has 1 aliphatic carbocycles. The molecule has 0 saturated heterocycles. The van der Waals surface area contributed by atoms with Crippen molar-refractivity contribution in [1.29, 1.82) is 5.26 Å². The average Bonchev–Trinajstić information content (AvgIpc) is 3.35.